The highest BCUT2D eigenvalue weighted by molar-refractivity contribution is 6.17. The lowest BCUT2D eigenvalue weighted by atomic mass is 9.88. The van der Waals surface area contributed by atoms with Gasteiger partial charge < -0.3 is 0 Å². The van der Waals surface area contributed by atoms with E-state index in [1.165, 1.54) is 70.9 Å². The summed E-state index contributed by atoms with van der Waals surface area (Å²) in [6.45, 7) is 2.05. The second-order valence-corrected chi connectivity index (χ2v) is 10.1. The second-order valence-electron chi connectivity index (χ2n) is 10.1. The molecule has 7 rings (SSSR count). The average Bonchev–Trinajstić information content (AvgIpc) is 3.00. The zero-order valence-corrected chi connectivity index (χ0v) is 21.9. The maximum Gasteiger partial charge on any atom is -0.00928 e. The van der Waals surface area contributed by atoms with Crippen molar-refractivity contribution < 1.29 is 0 Å². The summed E-state index contributed by atoms with van der Waals surface area (Å²) in [5, 5.41) is 10.2. The van der Waals surface area contributed by atoms with Gasteiger partial charge >= 0.3 is 0 Å². The maximum absolute atomic E-state index is 2.39. The van der Waals surface area contributed by atoms with Crippen LogP contribution < -0.4 is 0 Å². The zero-order valence-electron chi connectivity index (χ0n) is 21.9. The van der Waals surface area contributed by atoms with E-state index >= 15 is 0 Å². The smallest absolute Gasteiger partial charge is 0.00928 e. The van der Waals surface area contributed by atoms with Crippen molar-refractivity contribution in [2.24, 2.45) is 0 Å². The van der Waals surface area contributed by atoms with Gasteiger partial charge in [-0.1, -0.05) is 121 Å². The molecule has 7 aromatic rings. The first-order valence-electron chi connectivity index (χ1n) is 13.6. The first-order valence-corrected chi connectivity index (χ1v) is 13.6. The van der Waals surface area contributed by atoms with Crippen LogP contribution in [-0.4, -0.2) is 0 Å². The summed E-state index contributed by atoms with van der Waals surface area (Å²) in [5.41, 5.74) is 6.20. The molecular weight excluding hydrogens is 468 g/mol. The van der Waals surface area contributed by atoms with E-state index in [9.17, 15) is 0 Å². The van der Waals surface area contributed by atoms with Crippen molar-refractivity contribution in [1.82, 2.24) is 0 Å². The van der Waals surface area contributed by atoms with Crippen LogP contribution in [0.3, 0.4) is 0 Å². The van der Waals surface area contributed by atoms with E-state index in [0.29, 0.717) is 0 Å². The number of hydrogen-bond donors (Lipinski definition) is 0. The molecule has 184 valence electrons. The summed E-state index contributed by atoms with van der Waals surface area (Å²) < 4.78 is 0. The summed E-state index contributed by atoms with van der Waals surface area (Å²) in [7, 11) is 0. The Kier molecular flexibility index (Phi) is 5.79. The zero-order chi connectivity index (χ0) is 26.2. The van der Waals surface area contributed by atoms with Crippen LogP contribution >= 0.6 is 0 Å². The molecule has 0 amide bonds. The van der Waals surface area contributed by atoms with Crippen LogP contribution in [-0.2, 0) is 0 Å². The molecule has 0 aliphatic rings. The number of fused-ring (bicyclic) bond motifs is 5. The predicted molar refractivity (Wildman–Crippen MR) is 171 cm³/mol. The van der Waals surface area contributed by atoms with Crippen LogP contribution in [0.5, 0.6) is 0 Å². The lowest BCUT2D eigenvalue weighted by Crippen LogP contribution is -1.89. The van der Waals surface area contributed by atoms with Gasteiger partial charge in [0, 0.05) is 0 Å². The Bertz CT molecular complexity index is 2070. The Morgan fingerprint density at radius 1 is 0.410 bits per heavy atom. The number of hydrogen-bond acceptors (Lipinski definition) is 0. The van der Waals surface area contributed by atoms with Crippen LogP contribution in [0.25, 0.3) is 71.4 Å². The SMILES string of the molecule is C/C=C\C=C/c1cc(-c2ccc3ccccc3c2)cc2c1cc(-c1ccc3ccccc3c1)c1ccccc12. The van der Waals surface area contributed by atoms with Gasteiger partial charge in [0.2, 0.25) is 0 Å². The third kappa shape index (κ3) is 4.21. The van der Waals surface area contributed by atoms with Gasteiger partial charge in [-0.3, -0.25) is 0 Å². The van der Waals surface area contributed by atoms with Crippen molar-refractivity contribution >= 4 is 49.2 Å². The van der Waals surface area contributed by atoms with Crippen molar-refractivity contribution in [3.8, 4) is 22.3 Å². The third-order valence-corrected chi connectivity index (χ3v) is 7.73. The highest BCUT2D eigenvalue weighted by Gasteiger charge is 2.13. The molecule has 0 heterocycles. The molecule has 0 saturated carbocycles. The molecular formula is C39H28. The van der Waals surface area contributed by atoms with Crippen LogP contribution in [0.4, 0.5) is 0 Å². The molecule has 0 aromatic heterocycles. The quantitative estimate of drug-likeness (QED) is 0.168. The highest BCUT2D eigenvalue weighted by Crippen LogP contribution is 2.40. The molecule has 0 radical (unpaired) electrons. The number of allylic oxidation sites excluding steroid dienone is 3. The van der Waals surface area contributed by atoms with Crippen LogP contribution in [0, 0.1) is 0 Å². The molecule has 0 N–H and O–H groups in total. The van der Waals surface area contributed by atoms with E-state index < -0.39 is 0 Å². The monoisotopic (exact) mass is 496 g/mol. The van der Waals surface area contributed by atoms with Crippen molar-refractivity contribution in [3.05, 3.63) is 151 Å². The minimum atomic E-state index is 1.22. The molecule has 0 bridgehead atoms. The molecule has 0 aliphatic heterocycles. The molecule has 39 heavy (non-hydrogen) atoms. The molecule has 0 nitrogen and oxygen atoms in total. The Morgan fingerprint density at radius 3 is 1.74 bits per heavy atom. The van der Waals surface area contributed by atoms with Gasteiger partial charge in [0.1, 0.15) is 0 Å². The summed E-state index contributed by atoms with van der Waals surface area (Å²) in [5.74, 6) is 0. The maximum atomic E-state index is 2.39. The van der Waals surface area contributed by atoms with Crippen molar-refractivity contribution in [2.75, 3.05) is 0 Å². The molecule has 7 aromatic carbocycles. The normalized spacial score (nSPS) is 12.0. The molecule has 0 saturated heterocycles. The largest absolute Gasteiger partial charge is 0.0877 e. The summed E-state index contributed by atoms with van der Waals surface area (Å²) >= 11 is 0. The van der Waals surface area contributed by atoms with Crippen molar-refractivity contribution in [1.29, 1.82) is 0 Å². The molecule has 0 heteroatoms. The van der Waals surface area contributed by atoms with Crippen LogP contribution in [0.2, 0.25) is 0 Å². The van der Waals surface area contributed by atoms with Gasteiger partial charge in [-0.05, 0) is 108 Å². The molecule has 0 aliphatic carbocycles. The van der Waals surface area contributed by atoms with Crippen LogP contribution in [0.15, 0.2) is 146 Å². The van der Waals surface area contributed by atoms with E-state index in [0.717, 1.165) is 0 Å². The Morgan fingerprint density at radius 2 is 1.03 bits per heavy atom. The fourth-order valence-corrected chi connectivity index (χ4v) is 5.77. The Hall–Kier alpha value is -4.94. The second kappa shape index (κ2) is 9.74. The van der Waals surface area contributed by atoms with Gasteiger partial charge in [-0.25, -0.2) is 0 Å². The number of rotatable bonds is 4. The van der Waals surface area contributed by atoms with Gasteiger partial charge in [-0.15, -0.1) is 0 Å². The lowest BCUT2D eigenvalue weighted by Gasteiger charge is -2.15. The van der Waals surface area contributed by atoms with Gasteiger partial charge in [0.05, 0.1) is 0 Å². The van der Waals surface area contributed by atoms with E-state index in [-0.39, 0.29) is 0 Å². The number of benzene rings is 7. The average molecular weight is 497 g/mol. The van der Waals surface area contributed by atoms with Gasteiger partial charge in [0.15, 0.2) is 0 Å². The predicted octanol–water partition coefficient (Wildman–Crippen LogP) is 11.2. The van der Waals surface area contributed by atoms with E-state index in [1.54, 1.807) is 0 Å². The summed E-state index contributed by atoms with van der Waals surface area (Å²) in [6.07, 6.45) is 8.55. The topological polar surface area (TPSA) is 0 Å². The minimum Gasteiger partial charge on any atom is -0.0877 e. The van der Waals surface area contributed by atoms with Crippen molar-refractivity contribution in [3.63, 3.8) is 0 Å². The fraction of sp³-hybridized carbons (Fsp3) is 0.0256. The highest BCUT2D eigenvalue weighted by atomic mass is 14.2. The van der Waals surface area contributed by atoms with E-state index in [2.05, 4.69) is 159 Å². The van der Waals surface area contributed by atoms with Gasteiger partial charge in [-0.2, -0.15) is 0 Å². The standard InChI is InChI=1S/C39H28/c1-2-3-4-15-32-24-34(31-20-18-27-11-5-7-13-29(27)22-31)25-39-36-17-10-9-16-35(36)37(26-38(32)39)33-21-19-28-12-6-8-14-30(28)23-33/h2-26H,1H3/b3-2-,15-4-. The van der Waals surface area contributed by atoms with E-state index in [1.807, 2.05) is 0 Å². The molecule has 0 unspecified atom stereocenters. The van der Waals surface area contributed by atoms with Crippen LogP contribution in [0.1, 0.15) is 12.5 Å². The van der Waals surface area contributed by atoms with Gasteiger partial charge in [0.25, 0.3) is 0 Å². The molecule has 0 fully saturated rings. The lowest BCUT2D eigenvalue weighted by molar-refractivity contribution is 1.65. The summed E-state index contributed by atoms with van der Waals surface area (Å²) in [6, 6.07) is 46.7. The van der Waals surface area contributed by atoms with Crippen molar-refractivity contribution in [2.45, 2.75) is 6.92 Å². The molecule has 0 atom stereocenters. The fourth-order valence-electron chi connectivity index (χ4n) is 5.77. The first-order chi connectivity index (χ1) is 19.3. The Labute approximate surface area is 229 Å². The minimum absolute atomic E-state index is 1.22. The summed E-state index contributed by atoms with van der Waals surface area (Å²) in [4.78, 5) is 0. The van der Waals surface area contributed by atoms with E-state index in [4.69, 9.17) is 0 Å². The Balaban J connectivity index is 1.52. The first kappa shape index (κ1) is 23.2. The third-order valence-electron chi connectivity index (χ3n) is 7.73. The molecule has 0 spiro atoms.